The fourth-order valence-electron chi connectivity index (χ4n) is 4.86. The van der Waals surface area contributed by atoms with E-state index in [9.17, 15) is 9.18 Å². The van der Waals surface area contributed by atoms with Gasteiger partial charge in [0, 0.05) is 22.0 Å². The van der Waals surface area contributed by atoms with Crippen LogP contribution in [0.4, 0.5) is 14.9 Å². The molecule has 2 amide bonds. The molecule has 0 spiro atoms. The lowest BCUT2D eigenvalue weighted by Gasteiger charge is -2.36. The number of urea groups is 1. The molecule has 31 heavy (non-hydrogen) atoms. The minimum absolute atomic E-state index is 0.101. The first-order valence-corrected chi connectivity index (χ1v) is 12.0. The second-order valence-electron chi connectivity index (χ2n) is 8.43. The van der Waals surface area contributed by atoms with Crippen molar-refractivity contribution in [3.63, 3.8) is 0 Å². The predicted molar refractivity (Wildman–Crippen MR) is 124 cm³/mol. The smallest absolute Gasteiger partial charge is 0.312 e. The van der Waals surface area contributed by atoms with Crippen LogP contribution in [0.15, 0.2) is 48.5 Å². The van der Waals surface area contributed by atoms with Gasteiger partial charge in [0.1, 0.15) is 5.82 Å². The van der Waals surface area contributed by atoms with Crippen LogP contribution in [0.5, 0.6) is 0 Å². The van der Waals surface area contributed by atoms with E-state index in [4.69, 9.17) is 0 Å². The number of hydrogen-bond donors (Lipinski definition) is 1. The van der Waals surface area contributed by atoms with Gasteiger partial charge in [-0.1, -0.05) is 31.2 Å². The molecule has 2 aliphatic rings. The van der Waals surface area contributed by atoms with E-state index >= 15 is 0 Å². The van der Waals surface area contributed by atoms with E-state index in [1.807, 2.05) is 40.5 Å². The number of carbonyl (C=O) groups excluding carboxylic acids is 1. The minimum atomic E-state index is -0.253. The Balaban J connectivity index is 1.50. The molecule has 3 aromatic rings. The summed E-state index contributed by atoms with van der Waals surface area (Å²) >= 11 is 1.86. The van der Waals surface area contributed by atoms with Crippen molar-refractivity contribution in [3.8, 4) is 0 Å². The van der Waals surface area contributed by atoms with Gasteiger partial charge in [0.2, 0.25) is 0 Å². The fraction of sp³-hybridized carbons (Fsp3) is 0.346. The lowest BCUT2D eigenvalue weighted by atomic mass is 9.88. The van der Waals surface area contributed by atoms with Crippen LogP contribution >= 0.6 is 11.3 Å². The zero-order valence-corrected chi connectivity index (χ0v) is 18.6. The number of benzene rings is 2. The van der Waals surface area contributed by atoms with Crippen molar-refractivity contribution in [2.75, 3.05) is 11.9 Å². The van der Waals surface area contributed by atoms with Crippen LogP contribution in [0.1, 0.15) is 57.8 Å². The fourth-order valence-corrected chi connectivity index (χ4v) is 6.45. The van der Waals surface area contributed by atoms with Gasteiger partial charge < -0.3 is 10.2 Å². The monoisotopic (exact) mass is 434 g/mol. The average molecular weight is 435 g/mol. The average Bonchev–Trinajstić information content (AvgIpc) is 3.18. The van der Waals surface area contributed by atoms with E-state index in [0.29, 0.717) is 6.54 Å². The van der Waals surface area contributed by atoms with Crippen molar-refractivity contribution in [2.45, 2.75) is 51.5 Å². The Kier molecular flexibility index (Phi) is 5.53. The number of thiophene rings is 1. The summed E-state index contributed by atoms with van der Waals surface area (Å²) in [5.74, 6) is -0.253. The molecule has 0 fully saturated rings. The molecule has 1 aliphatic carbocycles. The minimum Gasteiger partial charge on any atom is -0.312 e. The van der Waals surface area contributed by atoms with Crippen molar-refractivity contribution in [2.24, 2.45) is 0 Å². The van der Waals surface area contributed by atoms with Crippen molar-refractivity contribution >= 4 is 23.1 Å². The molecule has 5 rings (SSSR count). The molecule has 1 atom stereocenters. The van der Waals surface area contributed by atoms with E-state index in [2.05, 4.69) is 24.4 Å². The number of nitrogens with one attached hydrogen (secondary N) is 1. The van der Waals surface area contributed by atoms with Gasteiger partial charge in [-0.05, 0) is 85.0 Å². The number of amides is 2. The molecule has 1 aliphatic heterocycles. The third-order valence-electron chi connectivity index (χ3n) is 6.53. The highest BCUT2D eigenvalue weighted by Crippen LogP contribution is 2.45. The van der Waals surface area contributed by atoms with Crippen LogP contribution in [-0.2, 0) is 25.7 Å². The lowest BCUT2D eigenvalue weighted by Crippen LogP contribution is -2.42. The molecule has 0 bridgehead atoms. The van der Waals surface area contributed by atoms with Crippen LogP contribution in [0.25, 0.3) is 0 Å². The molecular formula is C26H27FN2OS. The third kappa shape index (κ3) is 3.87. The van der Waals surface area contributed by atoms with Crippen molar-refractivity contribution in [1.82, 2.24) is 4.90 Å². The predicted octanol–water partition coefficient (Wildman–Crippen LogP) is 6.51. The molecule has 0 unspecified atom stereocenters. The topological polar surface area (TPSA) is 32.3 Å². The molecule has 5 heteroatoms. The second kappa shape index (κ2) is 8.46. The normalized spacial score (nSPS) is 17.7. The Morgan fingerprint density at radius 3 is 2.52 bits per heavy atom. The standard InChI is InChI=1S/C26H27FN2OS/c1-2-17-7-13-20(14-8-17)28-26(30)29-16-15-22-21-5-3-4-6-23(21)31-25(22)24(29)18-9-11-19(27)12-10-18/h7-14,24H,2-6,15-16H2,1H3,(H,28,30)/t24-/m1/s1. The van der Waals surface area contributed by atoms with Gasteiger partial charge in [0.25, 0.3) is 0 Å². The maximum atomic E-state index is 13.7. The van der Waals surface area contributed by atoms with E-state index in [1.165, 1.54) is 51.4 Å². The van der Waals surface area contributed by atoms with Gasteiger partial charge >= 0.3 is 6.03 Å². The number of fused-ring (bicyclic) bond motifs is 3. The molecule has 160 valence electrons. The van der Waals surface area contributed by atoms with Crippen LogP contribution in [-0.4, -0.2) is 17.5 Å². The van der Waals surface area contributed by atoms with Crippen molar-refractivity contribution in [3.05, 3.63) is 86.4 Å². The number of halogens is 1. The summed E-state index contributed by atoms with van der Waals surface area (Å²) in [6.45, 7) is 2.78. The van der Waals surface area contributed by atoms with Gasteiger partial charge in [-0.2, -0.15) is 0 Å². The van der Waals surface area contributed by atoms with Crippen LogP contribution < -0.4 is 5.32 Å². The number of rotatable bonds is 3. The zero-order chi connectivity index (χ0) is 21.4. The van der Waals surface area contributed by atoms with Crippen LogP contribution in [0.3, 0.4) is 0 Å². The number of hydrogen-bond acceptors (Lipinski definition) is 2. The van der Waals surface area contributed by atoms with Gasteiger partial charge in [0.15, 0.2) is 0 Å². The van der Waals surface area contributed by atoms with Crippen LogP contribution in [0.2, 0.25) is 0 Å². The molecule has 3 nitrogen and oxygen atoms in total. The number of nitrogens with zero attached hydrogens (tertiary/aromatic N) is 1. The summed E-state index contributed by atoms with van der Waals surface area (Å²) in [7, 11) is 0. The Morgan fingerprint density at radius 1 is 1.03 bits per heavy atom. The first-order valence-electron chi connectivity index (χ1n) is 11.2. The Morgan fingerprint density at radius 2 is 1.77 bits per heavy atom. The molecule has 1 N–H and O–H groups in total. The molecular weight excluding hydrogens is 407 g/mol. The van der Waals surface area contributed by atoms with E-state index in [1.54, 1.807) is 0 Å². The van der Waals surface area contributed by atoms with E-state index in [-0.39, 0.29) is 17.9 Å². The largest absolute Gasteiger partial charge is 0.322 e. The molecule has 0 radical (unpaired) electrons. The summed E-state index contributed by atoms with van der Waals surface area (Å²) in [5.41, 5.74) is 5.97. The first-order chi connectivity index (χ1) is 15.1. The van der Waals surface area contributed by atoms with Gasteiger partial charge in [-0.15, -0.1) is 11.3 Å². The van der Waals surface area contributed by atoms with Gasteiger partial charge in [-0.3, -0.25) is 0 Å². The lowest BCUT2D eigenvalue weighted by molar-refractivity contribution is 0.195. The summed E-state index contributed by atoms with van der Waals surface area (Å²) in [5, 5.41) is 3.08. The maximum absolute atomic E-state index is 13.7. The Bertz CT molecular complexity index is 1090. The van der Waals surface area contributed by atoms with E-state index in [0.717, 1.165) is 36.9 Å². The SMILES string of the molecule is CCc1ccc(NC(=O)N2CCc3c(sc4c3CCCC4)[C@H]2c2ccc(F)cc2)cc1. The van der Waals surface area contributed by atoms with E-state index < -0.39 is 0 Å². The molecule has 2 aromatic carbocycles. The highest BCUT2D eigenvalue weighted by molar-refractivity contribution is 7.12. The molecule has 0 saturated heterocycles. The number of carbonyl (C=O) groups is 1. The maximum Gasteiger partial charge on any atom is 0.322 e. The molecule has 0 saturated carbocycles. The van der Waals surface area contributed by atoms with Crippen molar-refractivity contribution < 1.29 is 9.18 Å². The summed E-state index contributed by atoms with van der Waals surface area (Å²) in [6.07, 6.45) is 6.63. The molecule has 1 aromatic heterocycles. The number of aryl methyl sites for hydroxylation is 2. The van der Waals surface area contributed by atoms with Crippen LogP contribution in [0, 0.1) is 5.82 Å². The quantitative estimate of drug-likeness (QED) is 0.501. The Labute approximate surface area is 186 Å². The number of anilines is 1. The summed E-state index contributed by atoms with van der Waals surface area (Å²) in [4.78, 5) is 18.0. The highest BCUT2D eigenvalue weighted by atomic mass is 32.1. The zero-order valence-electron chi connectivity index (χ0n) is 17.8. The summed E-state index contributed by atoms with van der Waals surface area (Å²) < 4.78 is 13.7. The third-order valence-corrected chi connectivity index (χ3v) is 7.92. The summed E-state index contributed by atoms with van der Waals surface area (Å²) in [6, 6.07) is 14.4. The Hall–Kier alpha value is -2.66. The van der Waals surface area contributed by atoms with Gasteiger partial charge in [0.05, 0.1) is 6.04 Å². The van der Waals surface area contributed by atoms with Crippen molar-refractivity contribution in [1.29, 1.82) is 0 Å². The highest BCUT2D eigenvalue weighted by Gasteiger charge is 2.36. The molecule has 2 heterocycles. The first kappa shape index (κ1) is 20.3. The second-order valence-corrected chi connectivity index (χ2v) is 9.57. The van der Waals surface area contributed by atoms with Gasteiger partial charge in [-0.25, -0.2) is 9.18 Å².